The fraction of sp³-hybridized carbons (Fsp3) is 0.500. The van der Waals surface area contributed by atoms with Gasteiger partial charge in [0.05, 0.1) is 39.1 Å². The first-order valence-electron chi connectivity index (χ1n) is 11.9. The van der Waals surface area contributed by atoms with Crippen LogP contribution in [0.2, 0.25) is 0 Å². The zero-order valence-corrected chi connectivity index (χ0v) is 20.5. The van der Waals surface area contributed by atoms with Crippen LogP contribution in [-0.2, 0) is 9.47 Å². The Morgan fingerprint density at radius 1 is 0.912 bits per heavy atom. The van der Waals surface area contributed by atoms with Crippen molar-refractivity contribution in [2.45, 2.75) is 39.4 Å². The highest BCUT2D eigenvalue weighted by atomic mass is 16.5. The smallest absolute Gasteiger partial charge is 0.247 e. The van der Waals surface area contributed by atoms with E-state index in [1.54, 1.807) is 12.3 Å². The molecule has 190 valence electrons. The highest BCUT2D eigenvalue weighted by molar-refractivity contribution is 5.70. The minimum atomic E-state index is -0.879. The SMILES string of the molecule is CC.CCC(O)COCCN(CCOCC(O)CO)c1ccc(/C=C/c2ccc(=O)[nH]c2)cc1. The number of ether oxygens (including phenoxy) is 2. The molecule has 1 aromatic carbocycles. The van der Waals surface area contributed by atoms with Gasteiger partial charge in [-0.1, -0.05) is 45.1 Å². The molecule has 0 aliphatic rings. The summed E-state index contributed by atoms with van der Waals surface area (Å²) in [5.74, 6) is 0. The molecule has 34 heavy (non-hydrogen) atoms. The van der Waals surface area contributed by atoms with Crippen molar-refractivity contribution in [1.82, 2.24) is 4.98 Å². The Hall–Kier alpha value is -2.49. The van der Waals surface area contributed by atoms with E-state index in [4.69, 9.17) is 14.6 Å². The minimum Gasteiger partial charge on any atom is -0.394 e. The lowest BCUT2D eigenvalue weighted by Crippen LogP contribution is -2.32. The molecule has 8 nitrogen and oxygen atoms in total. The van der Waals surface area contributed by atoms with Gasteiger partial charge in [-0.3, -0.25) is 4.79 Å². The van der Waals surface area contributed by atoms with E-state index in [1.807, 2.05) is 57.2 Å². The molecule has 2 unspecified atom stereocenters. The van der Waals surface area contributed by atoms with Crippen LogP contribution in [0.5, 0.6) is 0 Å². The third-order valence-electron chi connectivity index (χ3n) is 4.85. The van der Waals surface area contributed by atoms with Crippen molar-refractivity contribution >= 4 is 17.8 Å². The van der Waals surface area contributed by atoms with Crippen LogP contribution in [0.1, 0.15) is 38.3 Å². The maximum Gasteiger partial charge on any atom is 0.247 e. The molecule has 0 saturated heterocycles. The second kappa shape index (κ2) is 17.9. The molecule has 0 spiro atoms. The third kappa shape index (κ3) is 12.1. The first kappa shape index (κ1) is 29.5. The number of benzene rings is 1. The van der Waals surface area contributed by atoms with Crippen LogP contribution >= 0.6 is 0 Å². The van der Waals surface area contributed by atoms with Gasteiger partial charge in [0.15, 0.2) is 0 Å². The molecule has 0 aliphatic heterocycles. The van der Waals surface area contributed by atoms with Crippen LogP contribution in [0.25, 0.3) is 12.2 Å². The zero-order valence-electron chi connectivity index (χ0n) is 20.5. The van der Waals surface area contributed by atoms with Crippen LogP contribution < -0.4 is 10.5 Å². The van der Waals surface area contributed by atoms with Gasteiger partial charge in [0, 0.05) is 31.0 Å². The number of aromatic nitrogens is 1. The summed E-state index contributed by atoms with van der Waals surface area (Å²) < 4.78 is 11.0. The molecule has 1 aromatic heterocycles. The van der Waals surface area contributed by atoms with Crippen LogP contribution in [0.4, 0.5) is 5.69 Å². The predicted octanol–water partition coefficient (Wildman–Crippen LogP) is 2.54. The van der Waals surface area contributed by atoms with Crippen molar-refractivity contribution in [1.29, 1.82) is 0 Å². The molecule has 0 fully saturated rings. The normalized spacial score (nSPS) is 12.8. The van der Waals surface area contributed by atoms with E-state index >= 15 is 0 Å². The van der Waals surface area contributed by atoms with Crippen LogP contribution in [0, 0.1) is 0 Å². The van der Waals surface area contributed by atoms with Gasteiger partial charge in [0.1, 0.15) is 6.10 Å². The van der Waals surface area contributed by atoms with Crippen molar-refractivity contribution in [2.24, 2.45) is 0 Å². The number of aliphatic hydroxyl groups excluding tert-OH is 3. The number of hydrogen-bond acceptors (Lipinski definition) is 7. The van der Waals surface area contributed by atoms with Crippen molar-refractivity contribution in [2.75, 3.05) is 51.0 Å². The largest absolute Gasteiger partial charge is 0.394 e. The highest BCUT2D eigenvalue weighted by Crippen LogP contribution is 2.17. The van der Waals surface area contributed by atoms with E-state index in [1.165, 1.54) is 6.07 Å². The lowest BCUT2D eigenvalue weighted by Gasteiger charge is -2.25. The highest BCUT2D eigenvalue weighted by Gasteiger charge is 2.09. The van der Waals surface area contributed by atoms with Gasteiger partial charge in [0.25, 0.3) is 0 Å². The number of anilines is 1. The Balaban J connectivity index is 0.00000281. The Morgan fingerprint density at radius 2 is 1.47 bits per heavy atom. The summed E-state index contributed by atoms with van der Waals surface area (Å²) in [6.45, 7) is 8.03. The summed E-state index contributed by atoms with van der Waals surface area (Å²) >= 11 is 0. The van der Waals surface area contributed by atoms with Crippen LogP contribution in [0.15, 0.2) is 47.4 Å². The van der Waals surface area contributed by atoms with Crippen molar-refractivity contribution < 1.29 is 24.8 Å². The Labute approximate surface area is 202 Å². The standard InChI is InChI=1S/C24H34N2O6.C2H6/c1-2-22(28)17-31-13-11-26(12-14-32-18-23(29)16-27)21-8-5-19(6-9-21)3-4-20-7-10-24(30)25-15-20;1-2/h3-10,15,22-23,27-29H,2,11-14,16-18H2,1H3,(H,25,30);1-2H3/b4-3+;. The van der Waals surface area contributed by atoms with Crippen LogP contribution in [0.3, 0.4) is 0 Å². The molecule has 0 aliphatic carbocycles. The summed E-state index contributed by atoms with van der Waals surface area (Å²) in [6, 6.07) is 11.3. The van der Waals surface area contributed by atoms with Gasteiger partial charge in [-0.25, -0.2) is 0 Å². The zero-order chi connectivity index (χ0) is 25.2. The molecule has 4 N–H and O–H groups in total. The number of H-pyrrole nitrogens is 1. The van der Waals surface area contributed by atoms with E-state index in [-0.39, 0.29) is 18.8 Å². The molecule has 2 rings (SSSR count). The monoisotopic (exact) mass is 476 g/mol. The quantitative estimate of drug-likeness (QED) is 0.292. The molecule has 2 aromatic rings. The van der Waals surface area contributed by atoms with Gasteiger partial charge in [0.2, 0.25) is 5.56 Å². The first-order chi connectivity index (χ1) is 16.5. The van der Waals surface area contributed by atoms with E-state index in [0.29, 0.717) is 39.3 Å². The second-order valence-electron chi connectivity index (χ2n) is 7.45. The molecule has 0 amide bonds. The average molecular weight is 477 g/mol. The van der Waals surface area contributed by atoms with E-state index < -0.39 is 12.2 Å². The summed E-state index contributed by atoms with van der Waals surface area (Å²) in [7, 11) is 0. The maximum atomic E-state index is 11.1. The average Bonchev–Trinajstić information content (AvgIpc) is 2.88. The number of nitrogens with one attached hydrogen (secondary N) is 1. The fourth-order valence-electron chi connectivity index (χ4n) is 2.84. The molecular formula is C26H40N2O6. The third-order valence-corrected chi connectivity index (χ3v) is 4.85. The summed E-state index contributed by atoms with van der Waals surface area (Å²) in [6.07, 6.45) is 4.87. The topological polar surface area (TPSA) is 115 Å². The molecule has 1 heterocycles. The molecule has 0 saturated carbocycles. The van der Waals surface area contributed by atoms with E-state index in [9.17, 15) is 15.0 Å². The number of pyridine rings is 1. The lowest BCUT2D eigenvalue weighted by molar-refractivity contribution is 0.00781. The Kier molecular flexibility index (Phi) is 15.6. The van der Waals surface area contributed by atoms with Gasteiger partial charge < -0.3 is 34.7 Å². The minimum absolute atomic E-state index is 0.0814. The van der Waals surface area contributed by atoms with Gasteiger partial charge in [-0.15, -0.1) is 0 Å². The van der Waals surface area contributed by atoms with Gasteiger partial charge in [-0.05, 0) is 35.7 Å². The number of aromatic amines is 1. The molecule has 8 heteroatoms. The summed E-state index contributed by atoms with van der Waals surface area (Å²) in [4.78, 5) is 15.9. The van der Waals surface area contributed by atoms with Crippen molar-refractivity contribution in [3.8, 4) is 0 Å². The predicted molar refractivity (Wildman–Crippen MR) is 137 cm³/mol. The van der Waals surface area contributed by atoms with Crippen LogP contribution in [-0.4, -0.2) is 78.6 Å². The van der Waals surface area contributed by atoms with Gasteiger partial charge >= 0.3 is 0 Å². The Morgan fingerprint density at radius 3 is 2.00 bits per heavy atom. The van der Waals surface area contributed by atoms with Gasteiger partial charge in [-0.2, -0.15) is 0 Å². The summed E-state index contributed by atoms with van der Waals surface area (Å²) in [5.41, 5.74) is 2.79. The number of aliphatic hydroxyl groups is 3. The first-order valence-corrected chi connectivity index (χ1v) is 11.9. The Bertz CT molecular complexity index is 815. The van der Waals surface area contributed by atoms with Crippen molar-refractivity contribution in [3.63, 3.8) is 0 Å². The maximum absolute atomic E-state index is 11.1. The van der Waals surface area contributed by atoms with Crippen molar-refractivity contribution in [3.05, 3.63) is 64.1 Å². The molecule has 0 radical (unpaired) electrons. The molecule has 0 bridgehead atoms. The fourth-order valence-corrected chi connectivity index (χ4v) is 2.84. The lowest BCUT2D eigenvalue weighted by atomic mass is 10.1. The van der Waals surface area contributed by atoms with E-state index in [0.717, 1.165) is 16.8 Å². The molecule has 2 atom stereocenters. The second-order valence-corrected chi connectivity index (χ2v) is 7.45. The summed E-state index contributed by atoms with van der Waals surface area (Å²) in [5, 5.41) is 27.9. The number of nitrogens with zero attached hydrogens (tertiary/aromatic N) is 1. The van der Waals surface area contributed by atoms with E-state index in [2.05, 4.69) is 9.88 Å². The number of rotatable bonds is 15. The molecular weight excluding hydrogens is 436 g/mol. The number of hydrogen-bond donors (Lipinski definition) is 4.